The van der Waals surface area contributed by atoms with Gasteiger partial charge in [0.2, 0.25) is 0 Å². The fourth-order valence-corrected chi connectivity index (χ4v) is 3.35. The van der Waals surface area contributed by atoms with Crippen LogP contribution in [-0.4, -0.2) is 55.7 Å². The van der Waals surface area contributed by atoms with Crippen molar-refractivity contribution in [2.75, 3.05) is 39.5 Å². The van der Waals surface area contributed by atoms with Crippen molar-refractivity contribution in [3.05, 3.63) is 65.7 Å². The first-order chi connectivity index (χ1) is 13.8. The minimum atomic E-state index is 0.436. The smallest absolute Gasteiger partial charge is 0.180 e. The monoisotopic (exact) mass is 398 g/mol. The topological polar surface area (TPSA) is 72.4 Å². The van der Waals surface area contributed by atoms with Crippen LogP contribution < -0.4 is 10.5 Å². The number of nitrogens with zero attached hydrogens (tertiary/aromatic N) is 3. The molecule has 1 aliphatic rings. The van der Waals surface area contributed by atoms with Gasteiger partial charge in [-0.15, -0.1) is 5.10 Å². The average Bonchev–Trinajstić information content (AvgIpc) is 2.75. The number of morpholine rings is 1. The van der Waals surface area contributed by atoms with E-state index in [1.54, 1.807) is 6.21 Å². The summed E-state index contributed by atoms with van der Waals surface area (Å²) in [6.07, 6.45) is 1.68. The van der Waals surface area contributed by atoms with Gasteiger partial charge in [0.25, 0.3) is 0 Å². The lowest BCUT2D eigenvalue weighted by Gasteiger charge is -2.26. The van der Waals surface area contributed by atoms with Gasteiger partial charge in [0.05, 0.1) is 19.4 Å². The van der Waals surface area contributed by atoms with Crippen LogP contribution in [-0.2, 0) is 10.5 Å². The van der Waals surface area contributed by atoms with Crippen LogP contribution in [0.3, 0.4) is 0 Å². The minimum absolute atomic E-state index is 0.436. The summed E-state index contributed by atoms with van der Waals surface area (Å²) in [5.41, 5.74) is 8.02. The Morgan fingerprint density at radius 2 is 1.86 bits per heavy atom. The predicted molar refractivity (Wildman–Crippen MR) is 116 cm³/mol. The quantitative estimate of drug-likeness (QED) is 0.420. The van der Waals surface area contributed by atoms with Crippen LogP contribution in [0.4, 0.5) is 0 Å². The summed E-state index contributed by atoms with van der Waals surface area (Å²) < 4.78 is 11.3. The number of hydrogen-bond donors (Lipinski definition) is 1. The zero-order chi connectivity index (χ0) is 19.4. The van der Waals surface area contributed by atoms with Crippen molar-refractivity contribution < 1.29 is 9.47 Å². The van der Waals surface area contributed by atoms with Crippen LogP contribution in [0, 0.1) is 0 Å². The minimum Gasteiger partial charge on any atom is -0.492 e. The maximum absolute atomic E-state index is 5.94. The Bertz CT molecular complexity index is 777. The molecule has 7 heteroatoms. The summed E-state index contributed by atoms with van der Waals surface area (Å²) in [5.74, 6) is 1.57. The third-order valence-corrected chi connectivity index (χ3v) is 5.13. The molecule has 6 nitrogen and oxygen atoms in total. The Hall–Kier alpha value is -2.35. The largest absolute Gasteiger partial charge is 0.492 e. The molecule has 0 aliphatic carbocycles. The lowest BCUT2D eigenvalue weighted by Crippen LogP contribution is -2.38. The van der Waals surface area contributed by atoms with E-state index >= 15 is 0 Å². The normalized spacial score (nSPS) is 15.8. The molecule has 2 N–H and O–H groups in total. The van der Waals surface area contributed by atoms with Crippen molar-refractivity contribution in [2.24, 2.45) is 15.9 Å². The Morgan fingerprint density at radius 3 is 2.68 bits per heavy atom. The second-order valence-corrected chi connectivity index (χ2v) is 7.29. The van der Waals surface area contributed by atoms with Gasteiger partial charge < -0.3 is 15.2 Å². The summed E-state index contributed by atoms with van der Waals surface area (Å²) >= 11 is 1.47. The molecule has 2 aromatic rings. The van der Waals surface area contributed by atoms with E-state index in [1.807, 2.05) is 42.5 Å². The van der Waals surface area contributed by atoms with E-state index in [0.717, 1.165) is 49.9 Å². The van der Waals surface area contributed by atoms with Gasteiger partial charge in [-0.05, 0) is 17.7 Å². The third kappa shape index (κ3) is 6.99. The SMILES string of the molecule is NC(=NN=Cc1ccccc1OCCN1CCOCC1)SCc1ccccc1. The van der Waals surface area contributed by atoms with Crippen molar-refractivity contribution >= 4 is 23.1 Å². The lowest BCUT2D eigenvalue weighted by atomic mass is 10.2. The molecule has 0 aromatic heterocycles. The van der Waals surface area contributed by atoms with E-state index in [1.165, 1.54) is 17.3 Å². The number of para-hydroxylation sites is 1. The van der Waals surface area contributed by atoms with Gasteiger partial charge in [-0.1, -0.05) is 54.2 Å². The van der Waals surface area contributed by atoms with Gasteiger partial charge in [0.1, 0.15) is 12.4 Å². The molecule has 1 fully saturated rings. The fraction of sp³-hybridized carbons (Fsp3) is 0.333. The lowest BCUT2D eigenvalue weighted by molar-refractivity contribution is 0.0322. The molecule has 28 heavy (non-hydrogen) atoms. The molecular weight excluding hydrogens is 372 g/mol. The molecule has 0 spiro atoms. The van der Waals surface area contributed by atoms with Crippen LogP contribution in [0.5, 0.6) is 5.75 Å². The zero-order valence-corrected chi connectivity index (χ0v) is 16.7. The standard InChI is InChI=1S/C21H26N4O2S/c22-21(28-17-18-6-2-1-3-7-18)24-23-16-19-8-4-5-9-20(19)27-15-12-25-10-13-26-14-11-25/h1-9,16H,10-15,17H2,(H2,22,24). The highest BCUT2D eigenvalue weighted by Gasteiger charge is 2.10. The number of hydrogen-bond acceptors (Lipinski definition) is 6. The van der Waals surface area contributed by atoms with E-state index < -0.39 is 0 Å². The van der Waals surface area contributed by atoms with E-state index in [4.69, 9.17) is 15.2 Å². The molecule has 0 bridgehead atoms. The molecule has 2 aromatic carbocycles. The average molecular weight is 399 g/mol. The Kier molecular flexibility index (Phi) is 8.36. The Morgan fingerprint density at radius 1 is 1.11 bits per heavy atom. The van der Waals surface area contributed by atoms with Crippen molar-refractivity contribution in [3.8, 4) is 5.75 Å². The summed E-state index contributed by atoms with van der Waals surface area (Å²) in [5, 5.41) is 8.64. The van der Waals surface area contributed by atoms with Crippen LogP contribution in [0.2, 0.25) is 0 Å². The molecular formula is C21H26N4O2S. The number of thioether (sulfide) groups is 1. The number of benzene rings is 2. The third-order valence-electron chi connectivity index (χ3n) is 4.27. The van der Waals surface area contributed by atoms with E-state index in [0.29, 0.717) is 11.8 Å². The molecule has 0 unspecified atom stereocenters. The highest BCUT2D eigenvalue weighted by Crippen LogP contribution is 2.16. The molecule has 1 aliphatic heterocycles. The van der Waals surface area contributed by atoms with Crippen LogP contribution >= 0.6 is 11.8 Å². The van der Waals surface area contributed by atoms with Gasteiger partial charge in [-0.25, -0.2) is 0 Å². The maximum Gasteiger partial charge on any atom is 0.180 e. The summed E-state index contributed by atoms with van der Waals surface area (Å²) in [4.78, 5) is 2.34. The molecule has 0 radical (unpaired) electrons. The summed E-state index contributed by atoms with van der Waals surface area (Å²) in [7, 11) is 0. The van der Waals surface area contributed by atoms with Crippen molar-refractivity contribution in [3.63, 3.8) is 0 Å². The highest BCUT2D eigenvalue weighted by molar-refractivity contribution is 8.13. The van der Waals surface area contributed by atoms with Gasteiger partial charge in [-0.3, -0.25) is 4.90 Å². The number of amidine groups is 1. The van der Waals surface area contributed by atoms with Crippen LogP contribution in [0.1, 0.15) is 11.1 Å². The molecule has 148 valence electrons. The van der Waals surface area contributed by atoms with Crippen molar-refractivity contribution in [2.45, 2.75) is 5.75 Å². The maximum atomic E-state index is 5.94. The van der Waals surface area contributed by atoms with Crippen molar-refractivity contribution in [1.29, 1.82) is 0 Å². The molecule has 3 rings (SSSR count). The Labute approximate surface area is 170 Å². The first-order valence-electron chi connectivity index (χ1n) is 9.36. The first kappa shape index (κ1) is 20.4. The van der Waals surface area contributed by atoms with Crippen molar-refractivity contribution in [1.82, 2.24) is 4.90 Å². The van der Waals surface area contributed by atoms with E-state index in [-0.39, 0.29) is 0 Å². The number of rotatable bonds is 8. The molecule has 0 atom stereocenters. The van der Waals surface area contributed by atoms with Crippen LogP contribution in [0.15, 0.2) is 64.8 Å². The molecule has 0 saturated carbocycles. The van der Waals surface area contributed by atoms with Gasteiger partial charge in [-0.2, -0.15) is 5.10 Å². The van der Waals surface area contributed by atoms with Crippen LogP contribution in [0.25, 0.3) is 0 Å². The molecule has 1 heterocycles. The highest BCUT2D eigenvalue weighted by atomic mass is 32.2. The Balaban J connectivity index is 1.48. The van der Waals surface area contributed by atoms with Gasteiger partial charge in [0, 0.05) is 31.0 Å². The number of nitrogens with two attached hydrogens (primary N) is 1. The number of ether oxygens (including phenoxy) is 2. The van der Waals surface area contributed by atoms with E-state index in [2.05, 4.69) is 27.2 Å². The van der Waals surface area contributed by atoms with Gasteiger partial charge >= 0.3 is 0 Å². The summed E-state index contributed by atoms with van der Waals surface area (Å²) in [6.45, 7) is 5.03. The predicted octanol–water partition coefficient (Wildman–Crippen LogP) is 2.98. The first-order valence-corrected chi connectivity index (χ1v) is 10.3. The summed E-state index contributed by atoms with van der Waals surface area (Å²) in [6, 6.07) is 17.9. The zero-order valence-electron chi connectivity index (χ0n) is 15.9. The van der Waals surface area contributed by atoms with E-state index in [9.17, 15) is 0 Å². The fourth-order valence-electron chi connectivity index (χ4n) is 2.74. The molecule has 1 saturated heterocycles. The second kappa shape index (κ2) is 11.5. The van der Waals surface area contributed by atoms with Gasteiger partial charge in [0.15, 0.2) is 5.17 Å². The molecule has 0 amide bonds. The second-order valence-electron chi connectivity index (χ2n) is 6.30.